The Morgan fingerprint density at radius 1 is 0.550 bits per heavy atom. The summed E-state index contributed by atoms with van der Waals surface area (Å²) in [5.74, 6) is -0.720. The molecule has 26 heteroatoms. The zero-order valence-electron chi connectivity index (χ0n) is 55.8. The van der Waals surface area contributed by atoms with Gasteiger partial charge in [-0.2, -0.15) is 18.6 Å². The maximum Gasteiger partial charge on any atom is 0.385 e. The number of carbonyl (C=O) groups excluding carboxylic acids is 3. The summed E-state index contributed by atoms with van der Waals surface area (Å²) >= 11 is 0.623. The number of azo groups is 2. The van der Waals surface area contributed by atoms with Crippen LogP contribution in [0.2, 0.25) is 0 Å². The van der Waals surface area contributed by atoms with E-state index in [1.54, 1.807) is 60.7 Å². The molecular weight excluding hydrogens is 1310 g/mol. The lowest BCUT2D eigenvalue weighted by Gasteiger charge is -2.13. The molecular formula is C74H78N13O11S2+. The van der Waals surface area contributed by atoms with E-state index >= 15 is 0 Å². The Hall–Kier alpha value is -12.1. The van der Waals surface area contributed by atoms with Gasteiger partial charge in [0.05, 0.1) is 39.4 Å². The molecule has 15 N–H and O–H groups in total. The van der Waals surface area contributed by atoms with Crippen LogP contribution in [0.4, 0.5) is 68.2 Å². The second-order valence-electron chi connectivity index (χ2n) is 21.8. The average molecular weight is 1390 g/mol. The van der Waals surface area contributed by atoms with Crippen molar-refractivity contribution in [1.29, 1.82) is 5.39 Å². The SMILES string of the molecule is C=CCc1ccc(N)cc1.C=CCc1ccc(N=Nc2c(C)cc3cc(C)c(N=Nc4ccc(NC(C)=O)cc4)c(O)c3c2N)cc1.C=CCc1ccc([N+]#N)cc1.CC(=O)Nc1ccc(C)cc1.CC(=O)Nc1ccc(N)cc1.Nc1cc(SOOO)cc2cc(S(=O)(=O)O)cc(O)c12. The fourth-order valence-corrected chi connectivity index (χ4v) is 10.0. The number of benzene rings is 10. The third-order valence-electron chi connectivity index (χ3n) is 13.7. The van der Waals surface area contributed by atoms with Crippen LogP contribution in [0, 0.1) is 26.2 Å². The van der Waals surface area contributed by atoms with Crippen molar-refractivity contribution in [2.24, 2.45) is 20.5 Å². The van der Waals surface area contributed by atoms with Crippen LogP contribution >= 0.6 is 12.0 Å². The van der Waals surface area contributed by atoms with E-state index in [0.717, 1.165) is 70.5 Å². The van der Waals surface area contributed by atoms with Crippen molar-refractivity contribution >= 4 is 130 Å². The summed E-state index contributed by atoms with van der Waals surface area (Å²) in [6.45, 7) is 21.2. The molecule has 3 amide bonds. The van der Waals surface area contributed by atoms with Crippen molar-refractivity contribution in [3.05, 3.63) is 258 Å². The number of anilines is 7. The van der Waals surface area contributed by atoms with Crippen LogP contribution in [-0.2, 0) is 53.1 Å². The first kappa shape index (κ1) is 78.6. The Morgan fingerprint density at radius 2 is 0.950 bits per heavy atom. The number of diazo groups is 1. The van der Waals surface area contributed by atoms with E-state index in [1.807, 2.05) is 136 Å². The number of fused-ring (bicyclic) bond motifs is 2. The number of phenols is 2. The molecule has 0 saturated carbocycles. The number of aromatic hydroxyl groups is 2. The highest BCUT2D eigenvalue weighted by Crippen LogP contribution is 2.46. The molecule has 516 valence electrons. The van der Waals surface area contributed by atoms with E-state index in [2.05, 4.69) is 70.5 Å². The van der Waals surface area contributed by atoms with Crippen LogP contribution in [0.3, 0.4) is 0 Å². The molecule has 0 spiro atoms. The molecule has 0 aromatic heterocycles. The number of amides is 3. The molecule has 0 aliphatic heterocycles. The highest BCUT2D eigenvalue weighted by atomic mass is 32.2. The van der Waals surface area contributed by atoms with Crippen molar-refractivity contribution in [1.82, 2.24) is 0 Å². The first-order valence-corrected chi connectivity index (χ1v) is 32.5. The molecule has 0 atom stereocenters. The number of nitrogens with two attached hydrogens (primary N) is 4. The summed E-state index contributed by atoms with van der Waals surface area (Å²) < 4.78 is 35.4. The average Bonchev–Trinajstić information content (AvgIpc) is 0.773. The zero-order valence-corrected chi connectivity index (χ0v) is 57.4. The number of nitrogens with one attached hydrogen (secondary N) is 3. The second-order valence-corrected chi connectivity index (χ2v) is 24.0. The van der Waals surface area contributed by atoms with E-state index in [4.69, 9.17) is 38.1 Å². The van der Waals surface area contributed by atoms with Gasteiger partial charge in [0, 0.05) is 83.4 Å². The molecule has 10 aromatic carbocycles. The summed E-state index contributed by atoms with van der Waals surface area (Å²) in [4.78, 5) is 35.3. The molecule has 10 aromatic rings. The summed E-state index contributed by atoms with van der Waals surface area (Å²) in [6, 6.07) is 53.2. The normalized spacial score (nSPS) is 10.5. The summed E-state index contributed by atoms with van der Waals surface area (Å²) in [7, 11) is -4.46. The van der Waals surface area contributed by atoms with Gasteiger partial charge in [0.1, 0.15) is 17.1 Å². The first-order chi connectivity index (χ1) is 47.6. The van der Waals surface area contributed by atoms with Gasteiger partial charge in [0.15, 0.2) is 10.7 Å². The minimum atomic E-state index is -4.46. The zero-order chi connectivity index (χ0) is 73.5. The Bertz CT molecular complexity index is 4630. The van der Waals surface area contributed by atoms with Crippen molar-refractivity contribution in [2.45, 2.75) is 70.6 Å². The van der Waals surface area contributed by atoms with Gasteiger partial charge >= 0.3 is 5.69 Å². The van der Waals surface area contributed by atoms with E-state index < -0.39 is 15.0 Å². The van der Waals surface area contributed by atoms with Crippen molar-refractivity contribution < 1.29 is 52.2 Å². The van der Waals surface area contributed by atoms with Gasteiger partial charge < -0.3 is 49.1 Å². The van der Waals surface area contributed by atoms with Gasteiger partial charge in [0.25, 0.3) is 10.1 Å². The first-order valence-electron chi connectivity index (χ1n) is 30.3. The van der Waals surface area contributed by atoms with Gasteiger partial charge in [0.2, 0.25) is 23.1 Å². The highest BCUT2D eigenvalue weighted by molar-refractivity contribution is 7.94. The predicted octanol–water partition coefficient (Wildman–Crippen LogP) is 18.1. The second kappa shape index (κ2) is 39.2. The summed E-state index contributed by atoms with van der Waals surface area (Å²) in [6.07, 6.45) is 8.12. The van der Waals surface area contributed by atoms with Crippen LogP contribution < -0.4 is 38.9 Å². The molecule has 100 heavy (non-hydrogen) atoms. The van der Waals surface area contributed by atoms with Gasteiger partial charge in [-0.15, -0.1) is 34.3 Å². The van der Waals surface area contributed by atoms with E-state index in [-0.39, 0.29) is 45.7 Å². The Labute approximate surface area is 584 Å². The quantitative estimate of drug-likeness (QED) is 0.00589. The highest BCUT2D eigenvalue weighted by Gasteiger charge is 2.19. The molecule has 24 nitrogen and oxygen atoms in total. The molecule has 0 bridgehead atoms. The number of nitrogen functional groups attached to an aromatic ring is 4. The van der Waals surface area contributed by atoms with Gasteiger partial charge in [-0.3, -0.25) is 18.9 Å². The van der Waals surface area contributed by atoms with Crippen molar-refractivity contribution in [3.8, 4) is 11.5 Å². The fraction of sp³-hybridized carbons (Fsp3) is 0.122. The molecule has 10 rings (SSSR count). The van der Waals surface area contributed by atoms with E-state index in [9.17, 15) is 33.0 Å². The predicted molar refractivity (Wildman–Crippen MR) is 400 cm³/mol. The van der Waals surface area contributed by atoms with Gasteiger partial charge in [-0.1, -0.05) is 77.4 Å². The fourth-order valence-electron chi connectivity index (χ4n) is 9.02. The lowest BCUT2D eigenvalue weighted by molar-refractivity contribution is -0.432. The van der Waals surface area contributed by atoms with Crippen LogP contribution in [0.25, 0.3) is 26.5 Å². The molecule has 0 radical (unpaired) electrons. The number of rotatable bonds is 17. The minimum Gasteiger partial charge on any atom is -0.507 e. The Balaban J connectivity index is 0.000000239. The number of hydrogen-bond acceptors (Lipinski definition) is 20. The van der Waals surface area contributed by atoms with E-state index in [0.29, 0.717) is 67.8 Å². The smallest absolute Gasteiger partial charge is 0.385 e. The maximum atomic E-state index is 11.2. The minimum absolute atomic E-state index is 0.0335. The number of hydrogen-bond donors (Lipinski definition) is 11. The molecule has 0 heterocycles. The third-order valence-corrected chi connectivity index (χ3v) is 15.0. The van der Waals surface area contributed by atoms with Crippen LogP contribution in [-0.4, -0.2) is 46.2 Å². The van der Waals surface area contributed by atoms with E-state index in [1.165, 1.54) is 49.6 Å². The van der Waals surface area contributed by atoms with Crippen molar-refractivity contribution in [2.75, 3.05) is 38.9 Å². The van der Waals surface area contributed by atoms with Crippen LogP contribution in [0.1, 0.15) is 54.2 Å². The molecule has 0 fully saturated rings. The molecule has 0 aliphatic carbocycles. The Kier molecular flexibility index (Phi) is 30.8. The topological polar surface area (TPSA) is 402 Å². The van der Waals surface area contributed by atoms with Crippen LogP contribution in [0.5, 0.6) is 11.5 Å². The lowest BCUT2D eigenvalue weighted by Crippen LogP contribution is -2.05. The Morgan fingerprint density at radius 3 is 1.39 bits per heavy atom. The number of phenolic OH excluding ortho intramolecular Hbond substituents is 2. The number of carbonyl (C=O) groups is 3. The number of nitrogens with zero attached hydrogens (tertiary/aromatic N) is 6. The number of allylic oxidation sites excluding steroid dienone is 3. The standard InChI is InChI=1S/C29H28N6O2.C10H9NO7S2.C9H9N2.C9H11NO.C9H11N.C8H10N2O/c1-5-6-20-7-9-23(10-8-20)32-34-27-17(2)15-21-16-18(3)28(29(37)25(21)26(27)30)35-33-24-13-11-22(12-14-24)31-19(4)36;11-8-3-6(19-18-17-13)1-5-2-7(20(14,15)16)4-9(12)10(5)8;1-2-3-8-4-6-9(11-10)7-5-8;1-7-3-5-9(6-4-7)10-8(2)11;1-2-3-8-4-6-9(10)7-5-8;1-6(11)10-8-4-2-7(9)3-5-8/h5,7-16,37H,1,6,30H2,2-4H3,(H,31,36);1-4,12-13H,11H2,(H,14,15,16);2,4-7H,1,3H2;3-6H,1-2H3,(H,10,11);2,4-7H,1,3,10H2;2-5H,9H2,1H3,(H,10,11)/q;;+1;;;. The van der Waals surface area contributed by atoms with Gasteiger partial charge in [-0.05, 0) is 194 Å². The van der Waals surface area contributed by atoms with Crippen molar-refractivity contribution in [3.63, 3.8) is 0 Å². The van der Waals surface area contributed by atoms with Gasteiger partial charge in [-0.25, -0.2) is 5.26 Å². The third kappa shape index (κ3) is 25.8. The summed E-state index contributed by atoms with van der Waals surface area (Å²) in [5, 5.41) is 67.9. The molecule has 0 aliphatic rings. The summed E-state index contributed by atoms with van der Waals surface area (Å²) in [5.41, 5.74) is 36.4. The van der Waals surface area contributed by atoms with Crippen LogP contribution in [0.15, 0.2) is 250 Å². The molecule has 0 saturated heterocycles. The lowest BCUT2D eigenvalue weighted by atomic mass is 9.99. The number of aryl methyl sites for hydroxylation is 3. The largest absolute Gasteiger partial charge is 0.507 e. The monoisotopic (exact) mass is 1390 g/mol. The maximum absolute atomic E-state index is 11.2. The molecule has 0 unspecified atom stereocenters.